The van der Waals surface area contributed by atoms with E-state index in [1.54, 1.807) is 0 Å². The Kier molecular flexibility index (Phi) is 3.63. The Balaban J connectivity index is 1.81. The molecule has 0 amide bonds. The molecule has 4 aromatic rings. The topological polar surface area (TPSA) is 63.0 Å². The van der Waals surface area contributed by atoms with Gasteiger partial charge >= 0.3 is 0 Å². The van der Waals surface area contributed by atoms with Crippen molar-refractivity contribution in [1.82, 2.24) is 19.6 Å². The highest BCUT2D eigenvalue weighted by atomic mass is 35.5. The van der Waals surface area contributed by atoms with Crippen LogP contribution in [0.2, 0.25) is 0 Å². The molecule has 2 aromatic heterocycles. The van der Waals surface area contributed by atoms with E-state index in [9.17, 15) is 4.79 Å². The molecule has 0 bridgehead atoms. The van der Waals surface area contributed by atoms with Gasteiger partial charge in [-0.05, 0) is 5.56 Å². The molecule has 5 nitrogen and oxygen atoms in total. The summed E-state index contributed by atoms with van der Waals surface area (Å²) in [6, 6.07) is 20.6. The second kappa shape index (κ2) is 5.94. The van der Waals surface area contributed by atoms with Gasteiger partial charge < -0.3 is 0 Å². The predicted octanol–water partition coefficient (Wildman–Crippen LogP) is 3.41. The summed E-state index contributed by atoms with van der Waals surface area (Å²) in [6.07, 6.45) is 0. The summed E-state index contributed by atoms with van der Waals surface area (Å²) in [4.78, 5) is 21.2. The van der Waals surface area contributed by atoms with Crippen molar-refractivity contribution in [3.05, 3.63) is 88.5 Å². The number of benzene rings is 2. The molecule has 0 aliphatic heterocycles. The lowest BCUT2D eigenvalue weighted by molar-refractivity contribution is 0.855. The van der Waals surface area contributed by atoms with Crippen molar-refractivity contribution in [3.63, 3.8) is 0 Å². The van der Waals surface area contributed by atoms with Gasteiger partial charge in [-0.2, -0.15) is 9.50 Å². The lowest BCUT2D eigenvalue weighted by atomic mass is 10.1. The fourth-order valence-electron chi connectivity index (χ4n) is 2.55. The molecule has 1 unspecified atom stereocenters. The zero-order valence-electron chi connectivity index (χ0n) is 12.6. The molecule has 0 radical (unpaired) electrons. The lowest BCUT2D eigenvalue weighted by Gasteiger charge is -2.04. The molecule has 2 heterocycles. The molecule has 0 saturated heterocycles. The third-order valence-corrected chi connectivity index (χ3v) is 4.21. The van der Waals surface area contributed by atoms with Crippen molar-refractivity contribution in [2.45, 2.75) is 5.38 Å². The second-order valence-corrected chi connectivity index (χ2v) is 5.80. The van der Waals surface area contributed by atoms with E-state index in [1.807, 2.05) is 60.7 Å². The van der Waals surface area contributed by atoms with Crippen LogP contribution in [-0.2, 0) is 0 Å². The molecule has 0 aliphatic carbocycles. The fourth-order valence-corrected chi connectivity index (χ4v) is 2.79. The summed E-state index contributed by atoms with van der Waals surface area (Å²) in [5.74, 6) is 0.788. The first-order chi connectivity index (χ1) is 11.7. The first-order valence-corrected chi connectivity index (χ1v) is 7.90. The number of aromatic amines is 1. The van der Waals surface area contributed by atoms with Crippen LogP contribution in [-0.4, -0.2) is 19.6 Å². The number of hydrogen-bond donors (Lipinski definition) is 1. The van der Waals surface area contributed by atoms with Crippen LogP contribution in [0.25, 0.3) is 17.0 Å². The maximum atomic E-state index is 12.4. The van der Waals surface area contributed by atoms with Gasteiger partial charge in [-0.15, -0.1) is 11.6 Å². The fraction of sp³-hybridized carbons (Fsp3) is 0.0556. The maximum Gasteiger partial charge on any atom is 0.274 e. The number of aromatic nitrogens is 4. The molecule has 1 atom stereocenters. The SMILES string of the molecule is O=c1cc(-c2ccccc2)nc2nc(C(Cl)c3ccccc3)[nH]n12. The average Bonchev–Trinajstić information content (AvgIpc) is 3.07. The van der Waals surface area contributed by atoms with Crippen LogP contribution in [0.1, 0.15) is 16.8 Å². The molecule has 1 N–H and O–H groups in total. The van der Waals surface area contributed by atoms with Crippen LogP contribution in [0.3, 0.4) is 0 Å². The zero-order chi connectivity index (χ0) is 16.5. The minimum Gasteiger partial charge on any atom is -0.273 e. The van der Waals surface area contributed by atoms with Crippen LogP contribution in [0.15, 0.2) is 71.5 Å². The van der Waals surface area contributed by atoms with E-state index in [-0.39, 0.29) is 5.56 Å². The second-order valence-electron chi connectivity index (χ2n) is 5.36. The van der Waals surface area contributed by atoms with Gasteiger partial charge in [0, 0.05) is 11.6 Å². The van der Waals surface area contributed by atoms with E-state index in [1.165, 1.54) is 10.6 Å². The van der Waals surface area contributed by atoms with E-state index in [2.05, 4.69) is 15.1 Å². The van der Waals surface area contributed by atoms with Crippen molar-refractivity contribution in [1.29, 1.82) is 0 Å². The Bertz CT molecular complexity index is 1040. The normalized spacial score (nSPS) is 12.4. The van der Waals surface area contributed by atoms with Crippen LogP contribution < -0.4 is 5.56 Å². The van der Waals surface area contributed by atoms with Crippen molar-refractivity contribution in [2.24, 2.45) is 0 Å². The highest BCUT2D eigenvalue weighted by Gasteiger charge is 2.17. The maximum absolute atomic E-state index is 12.4. The number of rotatable bonds is 3. The molecule has 4 rings (SSSR count). The number of nitrogens with zero attached hydrogens (tertiary/aromatic N) is 3. The van der Waals surface area contributed by atoms with Crippen LogP contribution >= 0.6 is 11.6 Å². The number of nitrogens with one attached hydrogen (secondary N) is 1. The Morgan fingerprint density at radius 3 is 2.33 bits per heavy atom. The van der Waals surface area contributed by atoms with Gasteiger partial charge in [0.05, 0.1) is 5.69 Å². The van der Waals surface area contributed by atoms with E-state index < -0.39 is 5.38 Å². The van der Waals surface area contributed by atoms with Crippen molar-refractivity contribution >= 4 is 17.4 Å². The molecule has 0 saturated carbocycles. The van der Waals surface area contributed by atoms with Crippen LogP contribution in [0.4, 0.5) is 0 Å². The van der Waals surface area contributed by atoms with E-state index in [4.69, 9.17) is 11.6 Å². The van der Waals surface area contributed by atoms with Gasteiger partial charge in [0.25, 0.3) is 11.3 Å². The lowest BCUT2D eigenvalue weighted by Crippen LogP contribution is -2.14. The minimum atomic E-state index is -0.479. The van der Waals surface area contributed by atoms with Gasteiger partial charge in [-0.3, -0.25) is 9.89 Å². The third kappa shape index (κ3) is 2.59. The van der Waals surface area contributed by atoms with Crippen LogP contribution in [0.5, 0.6) is 0 Å². The first-order valence-electron chi connectivity index (χ1n) is 7.46. The summed E-state index contributed by atoms with van der Waals surface area (Å²) < 4.78 is 1.31. The average molecular weight is 337 g/mol. The Labute approximate surface area is 142 Å². The number of hydrogen-bond acceptors (Lipinski definition) is 3. The highest BCUT2D eigenvalue weighted by molar-refractivity contribution is 6.22. The van der Waals surface area contributed by atoms with E-state index in [0.717, 1.165) is 11.1 Å². The van der Waals surface area contributed by atoms with Gasteiger partial charge in [0.15, 0.2) is 0 Å². The molecule has 0 aliphatic rings. The molecule has 2 aromatic carbocycles. The number of halogens is 1. The Hall–Kier alpha value is -2.92. The van der Waals surface area contributed by atoms with Gasteiger partial charge in [0.1, 0.15) is 11.2 Å². The molecular formula is C18H13ClN4O. The smallest absolute Gasteiger partial charge is 0.273 e. The number of alkyl halides is 1. The Morgan fingerprint density at radius 2 is 1.62 bits per heavy atom. The van der Waals surface area contributed by atoms with Crippen molar-refractivity contribution in [3.8, 4) is 11.3 Å². The van der Waals surface area contributed by atoms with Crippen molar-refractivity contribution < 1.29 is 0 Å². The van der Waals surface area contributed by atoms with Gasteiger partial charge in [-0.25, -0.2) is 4.98 Å². The van der Waals surface area contributed by atoms with Gasteiger partial charge in [-0.1, -0.05) is 60.7 Å². The summed E-state index contributed by atoms with van der Waals surface area (Å²) in [5, 5.41) is 2.46. The zero-order valence-corrected chi connectivity index (χ0v) is 13.3. The third-order valence-electron chi connectivity index (χ3n) is 3.75. The quantitative estimate of drug-likeness (QED) is 0.583. The number of fused-ring (bicyclic) bond motifs is 1. The van der Waals surface area contributed by atoms with Crippen molar-refractivity contribution in [2.75, 3.05) is 0 Å². The van der Waals surface area contributed by atoms with E-state index >= 15 is 0 Å². The molecular weight excluding hydrogens is 324 g/mol. The molecule has 0 fully saturated rings. The number of H-pyrrole nitrogens is 1. The van der Waals surface area contributed by atoms with E-state index in [0.29, 0.717) is 17.3 Å². The largest absolute Gasteiger partial charge is 0.274 e. The summed E-state index contributed by atoms with van der Waals surface area (Å²) in [6.45, 7) is 0. The monoisotopic (exact) mass is 336 g/mol. The summed E-state index contributed by atoms with van der Waals surface area (Å²) in [7, 11) is 0. The summed E-state index contributed by atoms with van der Waals surface area (Å²) in [5.41, 5.74) is 2.13. The minimum absolute atomic E-state index is 0.227. The first kappa shape index (κ1) is 14.7. The molecule has 118 valence electrons. The van der Waals surface area contributed by atoms with Gasteiger partial charge in [0.2, 0.25) is 0 Å². The summed E-state index contributed by atoms with van der Waals surface area (Å²) >= 11 is 6.48. The molecule has 6 heteroatoms. The highest BCUT2D eigenvalue weighted by Crippen LogP contribution is 2.26. The predicted molar refractivity (Wildman–Crippen MR) is 93.2 cm³/mol. The molecule has 24 heavy (non-hydrogen) atoms. The standard InChI is InChI=1S/C18H13ClN4O/c19-16(13-9-5-2-6-10-13)17-21-18-20-14(11-15(24)23(18)22-17)12-7-3-1-4-8-12/h1-11,16H,(H,20,21,22). The van der Waals surface area contributed by atoms with Crippen LogP contribution in [0, 0.1) is 0 Å². The Morgan fingerprint density at radius 1 is 0.958 bits per heavy atom. The molecule has 0 spiro atoms.